The fourth-order valence-corrected chi connectivity index (χ4v) is 2.59. The molecule has 2 N–H and O–H groups in total. The number of amides is 1. The van der Waals surface area contributed by atoms with Crippen LogP contribution >= 0.6 is 0 Å². The average Bonchev–Trinajstić information content (AvgIpc) is 2.48. The zero-order valence-electron chi connectivity index (χ0n) is 13.5. The van der Waals surface area contributed by atoms with Crippen molar-refractivity contribution in [2.45, 2.75) is 65.5 Å². The Morgan fingerprint density at radius 2 is 1.89 bits per heavy atom. The van der Waals surface area contributed by atoms with Crippen molar-refractivity contribution in [1.82, 2.24) is 15.5 Å². The second-order valence-corrected chi connectivity index (χ2v) is 4.74. The molecule has 0 aromatic rings. The van der Waals surface area contributed by atoms with Gasteiger partial charge in [0, 0.05) is 12.6 Å². The highest BCUT2D eigenvalue weighted by molar-refractivity contribution is 5.82. The molecule has 0 radical (unpaired) electrons. The van der Waals surface area contributed by atoms with E-state index in [0.29, 0.717) is 6.04 Å². The summed E-state index contributed by atoms with van der Waals surface area (Å²) in [6.07, 6.45) is 4.14. The summed E-state index contributed by atoms with van der Waals surface area (Å²) in [4.78, 5) is 14.5. The number of carbonyl (C=O) groups is 1. The SMILES string of the molecule is CC.CCCC(NC)C(=O)N(CC)C1CCNCC1. The topological polar surface area (TPSA) is 44.4 Å². The molecular weight excluding hydrogens is 238 g/mol. The third-order valence-corrected chi connectivity index (χ3v) is 3.60. The third-order valence-electron chi connectivity index (χ3n) is 3.60. The lowest BCUT2D eigenvalue weighted by molar-refractivity contribution is -0.136. The number of likely N-dealkylation sites (N-methyl/N-ethyl adjacent to an activating group) is 2. The maximum atomic E-state index is 12.4. The van der Waals surface area contributed by atoms with Crippen LogP contribution in [-0.2, 0) is 4.79 Å². The molecule has 0 aromatic carbocycles. The molecule has 1 heterocycles. The summed E-state index contributed by atoms with van der Waals surface area (Å²) in [7, 11) is 1.88. The van der Waals surface area contributed by atoms with Gasteiger partial charge in [-0.05, 0) is 46.3 Å². The van der Waals surface area contributed by atoms with Crippen LogP contribution in [0.5, 0.6) is 0 Å². The highest BCUT2D eigenvalue weighted by Gasteiger charge is 2.28. The Morgan fingerprint density at radius 3 is 2.32 bits per heavy atom. The molecule has 0 saturated carbocycles. The van der Waals surface area contributed by atoms with Crippen LogP contribution in [0.15, 0.2) is 0 Å². The van der Waals surface area contributed by atoms with Crippen molar-refractivity contribution in [3.05, 3.63) is 0 Å². The second kappa shape index (κ2) is 11.2. The van der Waals surface area contributed by atoms with Crippen LogP contribution in [0.25, 0.3) is 0 Å². The minimum absolute atomic E-state index is 0.00478. The molecule has 1 atom stereocenters. The van der Waals surface area contributed by atoms with Crippen molar-refractivity contribution in [3.63, 3.8) is 0 Å². The molecule has 1 saturated heterocycles. The highest BCUT2D eigenvalue weighted by atomic mass is 16.2. The van der Waals surface area contributed by atoms with E-state index in [-0.39, 0.29) is 11.9 Å². The van der Waals surface area contributed by atoms with E-state index in [0.717, 1.165) is 45.3 Å². The Bertz CT molecular complexity index is 227. The molecule has 1 amide bonds. The molecule has 1 fully saturated rings. The van der Waals surface area contributed by atoms with Gasteiger partial charge in [0.05, 0.1) is 6.04 Å². The lowest BCUT2D eigenvalue weighted by Crippen LogP contribution is -2.52. The third kappa shape index (κ3) is 5.91. The lowest BCUT2D eigenvalue weighted by atomic mass is 10.0. The average molecular weight is 271 g/mol. The van der Waals surface area contributed by atoms with Crippen molar-refractivity contribution in [3.8, 4) is 0 Å². The fraction of sp³-hybridized carbons (Fsp3) is 0.933. The van der Waals surface area contributed by atoms with Crippen LogP contribution in [-0.4, -0.2) is 49.6 Å². The van der Waals surface area contributed by atoms with Gasteiger partial charge in [0.2, 0.25) is 5.91 Å². The molecule has 4 nitrogen and oxygen atoms in total. The van der Waals surface area contributed by atoms with E-state index in [4.69, 9.17) is 0 Å². The minimum Gasteiger partial charge on any atom is -0.339 e. The van der Waals surface area contributed by atoms with E-state index in [2.05, 4.69) is 29.4 Å². The largest absolute Gasteiger partial charge is 0.339 e. The Labute approximate surface area is 119 Å². The van der Waals surface area contributed by atoms with Gasteiger partial charge in [0.15, 0.2) is 0 Å². The fourth-order valence-electron chi connectivity index (χ4n) is 2.59. The molecule has 114 valence electrons. The quantitative estimate of drug-likeness (QED) is 0.776. The Kier molecular flexibility index (Phi) is 10.9. The van der Waals surface area contributed by atoms with E-state index in [9.17, 15) is 4.79 Å². The van der Waals surface area contributed by atoms with Crippen molar-refractivity contribution < 1.29 is 4.79 Å². The molecule has 0 aromatic heterocycles. The van der Waals surface area contributed by atoms with Crippen LogP contribution in [0.2, 0.25) is 0 Å². The van der Waals surface area contributed by atoms with Gasteiger partial charge in [0.25, 0.3) is 0 Å². The molecule has 4 heteroatoms. The van der Waals surface area contributed by atoms with Gasteiger partial charge in [-0.25, -0.2) is 0 Å². The summed E-state index contributed by atoms with van der Waals surface area (Å²) < 4.78 is 0. The lowest BCUT2D eigenvalue weighted by Gasteiger charge is -2.36. The van der Waals surface area contributed by atoms with Gasteiger partial charge in [-0.15, -0.1) is 0 Å². The smallest absolute Gasteiger partial charge is 0.239 e. The van der Waals surface area contributed by atoms with Gasteiger partial charge in [0.1, 0.15) is 0 Å². The maximum Gasteiger partial charge on any atom is 0.239 e. The molecule has 19 heavy (non-hydrogen) atoms. The van der Waals surface area contributed by atoms with E-state index in [1.807, 2.05) is 20.9 Å². The first-order valence-corrected chi connectivity index (χ1v) is 7.93. The van der Waals surface area contributed by atoms with Crippen molar-refractivity contribution >= 4 is 5.91 Å². The Morgan fingerprint density at radius 1 is 1.32 bits per heavy atom. The standard InChI is InChI=1S/C13H27N3O.C2H6/c1-4-6-12(14-3)13(17)16(5-2)11-7-9-15-10-8-11;1-2/h11-12,14-15H,4-10H2,1-3H3;1-2H3. The molecule has 0 bridgehead atoms. The Hall–Kier alpha value is -0.610. The van der Waals surface area contributed by atoms with E-state index in [1.54, 1.807) is 0 Å². The highest BCUT2D eigenvalue weighted by Crippen LogP contribution is 2.14. The number of carbonyl (C=O) groups excluding carboxylic acids is 1. The Balaban J connectivity index is 0.00000154. The number of hydrogen-bond donors (Lipinski definition) is 2. The van der Waals surface area contributed by atoms with E-state index < -0.39 is 0 Å². The van der Waals surface area contributed by atoms with Crippen LogP contribution < -0.4 is 10.6 Å². The van der Waals surface area contributed by atoms with Crippen LogP contribution in [0.1, 0.15) is 53.4 Å². The number of nitrogens with one attached hydrogen (secondary N) is 2. The summed E-state index contributed by atoms with van der Waals surface area (Å²) in [5.41, 5.74) is 0. The molecule has 1 aliphatic rings. The minimum atomic E-state index is -0.00478. The van der Waals surface area contributed by atoms with Gasteiger partial charge in [-0.1, -0.05) is 27.2 Å². The molecule has 0 spiro atoms. The van der Waals surface area contributed by atoms with Gasteiger partial charge < -0.3 is 15.5 Å². The van der Waals surface area contributed by atoms with Crippen molar-refractivity contribution in [2.24, 2.45) is 0 Å². The van der Waals surface area contributed by atoms with Crippen LogP contribution in [0.3, 0.4) is 0 Å². The first-order chi connectivity index (χ1) is 9.24. The van der Waals surface area contributed by atoms with Gasteiger partial charge in [-0.2, -0.15) is 0 Å². The van der Waals surface area contributed by atoms with E-state index >= 15 is 0 Å². The second-order valence-electron chi connectivity index (χ2n) is 4.74. The number of nitrogens with zero attached hydrogens (tertiary/aromatic N) is 1. The summed E-state index contributed by atoms with van der Waals surface area (Å²) >= 11 is 0. The monoisotopic (exact) mass is 271 g/mol. The number of rotatable bonds is 6. The van der Waals surface area contributed by atoms with Crippen molar-refractivity contribution in [1.29, 1.82) is 0 Å². The first-order valence-electron chi connectivity index (χ1n) is 7.93. The summed E-state index contributed by atoms with van der Waals surface area (Å²) in [5.74, 6) is 0.281. The zero-order chi connectivity index (χ0) is 14.7. The summed E-state index contributed by atoms with van der Waals surface area (Å²) in [6, 6.07) is 0.427. The van der Waals surface area contributed by atoms with Gasteiger partial charge in [-0.3, -0.25) is 4.79 Å². The predicted molar refractivity (Wildman–Crippen MR) is 82.4 cm³/mol. The molecule has 1 unspecified atom stereocenters. The van der Waals surface area contributed by atoms with Gasteiger partial charge >= 0.3 is 0 Å². The number of hydrogen-bond acceptors (Lipinski definition) is 3. The molecule has 1 aliphatic heterocycles. The number of piperidine rings is 1. The predicted octanol–water partition coefficient (Wildman–Crippen LogP) is 2.00. The normalized spacial score (nSPS) is 17.3. The molecular formula is C15H33N3O. The van der Waals surface area contributed by atoms with Crippen LogP contribution in [0, 0.1) is 0 Å². The molecule has 0 aliphatic carbocycles. The van der Waals surface area contributed by atoms with E-state index in [1.165, 1.54) is 0 Å². The van der Waals surface area contributed by atoms with Crippen molar-refractivity contribution in [2.75, 3.05) is 26.7 Å². The summed E-state index contributed by atoms with van der Waals surface area (Å²) in [6.45, 7) is 11.1. The maximum absolute atomic E-state index is 12.4. The van der Waals surface area contributed by atoms with Crippen LogP contribution in [0.4, 0.5) is 0 Å². The molecule has 1 rings (SSSR count). The summed E-state index contributed by atoms with van der Waals surface area (Å²) in [5, 5.41) is 6.50. The first kappa shape index (κ1) is 18.4. The zero-order valence-corrected chi connectivity index (χ0v) is 13.5.